The van der Waals surface area contributed by atoms with Gasteiger partial charge in [0, 0.05) is 5.54 Å². The lowest BCUT2D eigenvalue weighted by atomic mass is 9.90. The Balaban J connectivity index is 2.53. The van der Waals surface area contributed by atoms with Crippen LogP contribution >= 0.6 is 0 Å². The number of nitrogens with zero attached hydrogens (tertiary/aromatic N) is 1. The predicted octanol–water partition coefficient (Wildman–Crippen LogP) is 3.54. The highest BCUT2D eigenvalue weighted by molar-refractivity contribution is 5.11. The summed E-state index contributed by atoms with van der Waals surface area (Å²) in [5.41, 5.74) is 0.559. The Labute approximate surface area is 89.9 Å². The maximum atomic E-state index is 2.58. The van der Waals surface area contributed by atoms with Crippen molar-refractivity contribution >= 4 is 0 Å². The largest absolute Gasteiger partial charge is 0.300 e. The molecule has 0 N–H and O–H groups in total. The van der Waals surface area contributed by atoms with E-state index in [4.69, 9.17) is 0 Å². The van der Waals surface area contributed by atoms with Crippen LogP contribution in [0.1, 0.15) is 53.4 Å². The molecule has 0 radical (unpaired) electrons. The van der Waals surface area contributed by atoms with Gasteiger partial charge >= 0.3 is 0 Å². The maximum absolute atomic E-state index is 2.58. The molecule has 1 rings (SSSR count). The molecule has 3 atom stereocenters. The lowest BCUT2D eigenvalue weighted by Gasteiger charge is -2.33. The van der Waals surface area contributed by atoms with Crippen molar-refractivity contribution in [1.29, 1.82) is 0 Å². The van der Waals surface area contributed by atoms with Gasteiger partial charge in [0.15, 0.2) is 0 Å². The minimum atomic E-state index is 0.559. The van der Waals surface area contributed by atoms with E-state index in [1.807, 2.05) is 0 Å². The Bertz CT molecular complexity index is 178. The molecule has 3 unspecified atom stereocenters. The zero-order chi connectivity index (χ0) is 10.8. The Hall–Kier alpha value is -0.0400. The zero-order valence-corrected chi connectivity index (χ0v) is 10.6. The number of rotatable bonds is 6. The van der Waals surface area contributed by atoms with E-state index in [-0.39, 0.29) is 0 Å². The summed E-state index contributed by atoms with van der Waals surface area (Å²) in [7, 11) is 2.30. The summed E-state index contributed by atoms with van der Waals surface area (Å²) >= 11 is 0. The maximum Gasteiger partial charge on any atom is 0.0261 e. The van der Waals surface area contributed by atoms with Gasteiger partial charge < -0.3 is 4.90 Å². The number of hydrogen-bond donors (Lipinski definition) is 0. The summed E-state index contributed by atoms with van der Waals surface area (Å²) in [5.74, 6) is 1.79. The summed E-state index contributed by atoms with van der Waals surface area (Å²) in [4.78, 5) is 2.58. The third kappa shape index (κ3) is 1.98. The first kappa shape index (κ1) is 12.0. The molecule has 1 nitrogen and oxygen atoms in total. The van der Waals surface area contributed by atoms with Gasteiger partial charge in [-0.3, -0.25) is 0 Å². The molecule has 1 fully saturated rings. The minimum Gasteiger partial charge on any atom is -0.300 e. The molecular formula is C13H27N. The first-order valence-corrected chi connectivity index (χ1v) is 6.30. The van der Waals surface area contributed by atoms with E-state index < -0.39 is 0 Å². The molecule has 0 bridgehead atoms. The molecular weight excluding hydrogens is 170 g/mol. The number of hydrogen-bond acceptors (Lipinski definition) is 1. The molecule has 1 saturated carbocycles. The van der Waals surface area contributed by atoms with Crippen LogP contribution in [0.25, 0.3) is 0 Å². The van der Waals surface area contributed by atoms with E-state index >= 15 is 0 Å². The van der Waals surface area contributed by atoms with Crippen LogP contribution in [0.5, 0.6) is 0 Å². The fourth-order valence-corrected chi connectivity index (χ4v) is 3.08. The highest BCUT2D eigenvalue weighted by atomic mass is 15.2. The molecule has 0 aliphatic heterocycles. The molecule has 0 saturated heterocycles. The Morgan fingerprint density at radius 3 is 2.36 bits per heavy atom. The molecule has 1 aliphatic carbocycles. The molecule has 0 spiro atoms. The monoisotopic (exact) mass is 197 g/mol. The van der Waals surface area contributed by atoms with Gasteiger partial charge in [0.25, 0.3) is 0 Å². The van der Waals surface area contributed by atoms with E-state index in [1.54, 1.807) is 0 Å². The van der Waals surface area contributed by atoms with Crippen LogP contribution < -0.4 is 0 Å². The lowest BCUT2D eigenvalue weighted by Crippen LogP contribution is -2.40. The normalized spacial score (nSPS) is 33.4. The van der Waals surface area contributed by atoms with Crippen LogP contribution in [0.4, 0.5) is 0 Å². The van der Waals surface area contributed by atoms with Crippen LogP contribution in [0.15, 0.2) is 0 Å². The summed E-state index contributed by atoms with van der Waals surface area (Å²) < 4.78 is 0. The molecule has 1 aliphatic rings. The van der Waals surface area contributed by atoms with Gasteiger partial charge in [-0.2, -0.15) is 0 Å². The average molecular weight is 197 g/mol. The van der Waals surface area contributed by atoms with Crippen LogP contribution in [0.2, 0.25) is 0 Å². The second kappa shape index (κ2) is 4.65. The highest BCUT2D eigenvalue weighted by Gasteiger charge is 2.56. The van der Waals surface area contributed by atoms with Gasteiger partial charge in [0.1, 0.15) is 0 Å². The molecule has 0 aromatic rings. The van der Waals surface area contributed by atoms with E-state index in [2.05, 4.69) is 39.6 Å². The second-order valence-electron chi connectivity index (χ2n) is 5.15. The van der Waals surface area contributed by atoms with Crippen molar-refractivity contribution in [3.8, 4) is 0 Å². The van der Waals surface area contributed by atoms with Crippen molar-refractivity contribution in [2.24, 2.45) is 11.8 Å². The molecule has 1 heteroatoms. The van der Waals surface area contributed by atoms with E-state index in [0.29, 0.717) is 5.54 Å². The summed E-state index contributed by atoms with van der Waals surface area (Å²) in [6, 6.07) is 0. The Morgan fingerprint density at radius 1 is 1.43 bits per heavy atom. The van der Waals surface area contributed by atoms with Gasteiger partial charge in [-0.25, -0.2) is 0 Å². The Morgan fingerprint density at radius 2 is 2.00 bits per heavy atom. The summed E-state index contributed by atoms with van der Waals surface area (Å²) in [5, 5.41) is 0. The van der Waals surface area contributed by atoms with E-state index in [9.17, 15) is 0 Å². The fourth-order valence-electron chi connectivity index (χ4n) is 3.08. The van der Waals surface area contributed by atoms with Gasteiger partial charge in [0.05, 0.1) is 0 Å². The quantitative estimate of drug-likeness (QED) is 0.629. The van der Waals surface area contributed by atoms with Gasteiger partial charge in [0.2, 0.25) is 0 Å². The second-order valence-corrected chi connectivity index (χ2v) is 5.15. The third-order valence-corrected chi connectivity index (χ3v) is 4.36. The topological polar surface area (TPSA) is 3.24 Å². The van der Waals surface area contributed by atoms with Crippen LogP contribution in [0.3, 0.4) is 0 Å². The highest BCUT2D eigenvalue weighted by Crippen LogP contribution is 2.53. The standard InChI is InChI=1S/C13H27N/c1-6-8-9-11(3)13(10-12(13)4)14(5)7-2/h11-12H,6-10H2,1-5H3. The van der Waals surface area contributed by atoms with Crippen LogP contribution in [-0.4, -0.2) is 24.0 Å². The van der Waals surface area contributed by atoms with Gasteiger partial charge in [-0.05, 0) is 38.3 Å². The van der Waals surface area contributed by atoms with E-state index in [1.165, 1.54) is 32.2 Å². The Kier molecular flexibility index (Phi) is 4.00. The molecule has 0 aromatic carbocycles. The lowest BCUT2D eigenvalue weighted by molar-refractivity contribution is 0.145. The van der Waals surface area contributed by atoms with E-state index in [0.717, 1.165) is 11.8 Å². The first-order chi connectivity index (χ1) is 6.59. The van der Waals surface area contributed by atoms with Gasteiger partial charge in [-0.1, -0.05) is 40.5 Å². The minimum absolute atomic E-state index is 0.559. The van der Waals surface area contributed by atoms with Crippen LogP contribution in [-0.2, 0) is 0 Å². The zero-order valence-electron chi connectivity index (χ0n) is 10.6. The van der Waals surface area contributed by atoms with Crippen molar-refractivity contribution < 1.29 is 0 Å². The molecule has 84 valence electrons. The fraction of sp³-hybridized carbons (Fsp3) is 1.00. The van der Waals surface area contributed by atoms with Gasteiger partial charge in [-0.15, -0.1) is 0 Å². The van der Waals surface area contributed by atoms with Crippen LogP contribution in [0, 0.1) is 11.8 Å². The van der Waals surface area contributed by atoms with Crippen molar-refractivity contribution in [2.75, 3.05) is 13.6 Å². The van der Waals surface area contributed by atoms with Crippen molar-refractivity contribution in [3.63, 3.8) is 0 Å². The van der Waals surface area contributed by atoms with Crippen molar-refractivity contribution in [1.82, 2.24) is 4.90 Å². The molecule has 0 heterocycles. The molecule has 0 amide bonds. The van der Waals surface area contributed by atoms with Crippen molar-refractivity contribution in [3.05, 3.63) is 0 Å². The smallest absolute Gasteiger partial charge is 0.0261 e. The summed E-state index contributed by atoms with van der Waals surface area (Å²) in [6.45, 7) is 10.6. The molecule has 14 heavy (non-hydrogen) atoms. The third-order valence-electron chi connectivity index (χ3n) is 4.36. The number of unbranched alkanes of at least 4 members (excludes halogenated alkanes) is 1. The molecule has 0 aromatic heterocycles. The SMILES string of the molecule is CCCCC(C)C1(N(C)CC)CC1C. The van der Waals surface area contributed by atoms with Crippen molar-refractivity contribution in [2.45, 2.75) is 58.9 Å². The summed E-state index contributed by atoms with van der Waals surface area (Å²) in [6.07, 6.45) is 5.56. The average Bonchev–Trinajstić information content (AvgIpc) is 2.86. The predicted molar refractivity (Wildman–Crippen MR) is 63.5 cm³/mol. The first-order valence-electron chi connectivity index (χ1n) is 6.30.